The van der Waals surface area contributed by atoms with E-state index in [4.69, 9.17) is 4.74 Å². The summed E-state index contributed by atoms with van der Waals surface area (Å²) in [5.74, 6) is -2.02. The molecule has 0 aromatic heterocycles. The molecule has 1 heterocycles. The number of nitrogens with one attached hydrogen (secondary N) is 2. The van der Waals surface area contributed by atoms with Crippen molar-refractivity contribution >= 4 is 23.9 Å². The Morgan fingerprint density at radius 1 is 1.13 bits per heavy atom. The van der Waals surface area contributed by atoms with Crippen LogP contribution in [-0.4, -0.2) is 65.2 Å². The molecule has 9 heteroatoms. The van der Waals surface area contributed by atoms with Crippen LogP contribution in [0.5, 0.6) is 0 Å². The molecule has 1 fully saturated rings. The molecule has 1 aromatic rings. The van der Waals surface area contributed by atoms with Crippen LogP contribution < -0.4 is 10.6 Å². The lowest BCUT2D eigenvalue weighted by Crippen LogP contribution is -2.49. The van der Waals surface area contributed by atoms with Crippen molar-refractivity contribution in [2.24, 2.45) is 5.92 Å². The molecule has 1 saturated heterocycles. The predicted molar refractivity (Wildman–Crippen MR) is 113 cm³/mol. The first-order valence-corrected chi connectivity index (χ1v) is 10.4. The lowest BCUT2D eigenvalue weighted by molar-refractivity contribution is -0.143. The minimum absolute atomic E-state index is 0.177. The third-order valence-corrected chi connectivity index (χ3v) is 4.90. The smallest absolute Gasteiger partial charge is 0.408 e. The molecule has 1 aliphatic rings. The Bertz CT molecular complexity index is 782. The molecular weight excluding hydrogens is 402 g/mol. The van der Waals surface area contributed by atoms with Crippen molar-refractivity contribution in [2.75, 3.05) is 19.6 Å². The van der Waals surface area contributed by atoms with Crippen LogP contribution in [0.25, 0.3) is 0 Å². The molecule has 0 saturated carbocycles. The number of piperidine rings is 1. The Kier molecular flexibility index (Phi) is 8.41. The summed E-state index contributed by atoms with van der Waals surface area (Å²) in [6.45, 7) is 5.76. The summed E-state index contributed by atoms with van der Waals surface area (Å²) in [5.41, 5.74) is 0.181. The Labute approximate surface area is 182 Å². The van der Waals surface area contributed by atoms with Gasteiger partial charge in [-0.15, -0.1) is 0 Å². The van der Waals surface area contributed by atoms with E-state index in [1.54, 1.807) is 25.7 Å². The second kappa shape index (κ2) is 10.8. The second-order valence-electron chi connectivity index (χ2n) is 8.60. The van der Waals surface area contributed by atoms with E-state index in [9.17, 15) is 24.3 Å². The van der Waals surface area contributed by atoms with Crippen molar-refractivity contribution < 1.29 is 29.0 Å². The first-order valence-electron chi connectivity index (χ1n) is 10.4. The van der Waals surface area contributed by atoms with Crippen LogP contribution in [0.1, 0.15) is 39.2 Å². The molecule has 0 unspecified atom stereocenters. The Hall–Kier alpha value is -3.10. The molecule has 1 aliphatic heterocycles. The van der Waals surface area contributed by atoms with E-state index in [1.807, 2.05) is 30.3 Å². The Morgan fingerprint density at radius 3 is 2.29 bits per heavy atom. The average Bonchev–Trinajstić information content (AvgIpc) is 2.71. The monoisotopic (exact) mass is 433 g/mol. The number of nitrogens with zero attached hydrogens (tertiary/aromatic N) is 1. The number of hydrogen-bond acceptors (Lipinski definition) is 5. The van der Waals surface area contributed by atoms with Gasteiger partial charge in [-0.05, 0) is 39.2 Å². The SMILES string of the molecule is CC(C)(C)OC(=O)NCC(=O)N1CCC(C(=O)N[C@@H](Cc2ccccc2)C(=O)O)CC1. The second-order valence-corrected chi connectivity index (χ2v) is 8.60. The van der Waals surface area contributed by atoms with Gasteiger partial charge in [0.1, 0.15) is 18.2 Å². The van der Waals surface area contributed by atoms with Gasteiger partial charge in [-0.3, -0.25) is 9.59 Å². The molecule has 2 rings (SSSR count). The number of carboxylic acid groups (broad SMARTS) is 1. The van der Waals surface area contributed by atoms with Crippen molar-refractivity contribution in [2.45, 2.75) is 51.7 Å². The van der Waals surface area contributed by atoms with E-state index in [-0.39, 0.29) is 30.7 Å². The number of carbonyl (C=O) groups is 4. The van der Waals surface area contributed by atoms with Crippen molar-refractivity contribution in [1.29, 1.82) is 0 Å². The highest BCUT2D eigenvalue weighted by molar-refractivity contribution is 5.86. The molecule has 3 amide bonds. The molecule has 1 aromatic carbocycles. The number of likely N-dealkylation sites (tertiary alicyclic amines) is 1. The number of hydrogen-bond donors (Lipinski definition) is 3. The highest BCUT2D eigenvalue weighted by atomic mass is 16.6. The van der Waals surface area contributed by atoms with Crippen molar-refractivity contribution in [3.63, 3.8) is 0 Å². The van der Waals surface area contributed by atoms with Crippen LogP contribution in [0, 0.1) is 5.92 Å². The zero-order valence-corrected chi connectivity index (χ0v) is 18.2. The Morgan fingerprint density at radius 2 is 1.74 bits per heavy atom. The highest BCUT2D eigenvalue weighted by Crippen LogP contribution is 2.18. The van der Waals surface area contributed by atoms with Gasteiger partial charge in [-0.25, -0.2) is 9.59 Å². The number of carboxylic acids is 1. The summed E-state index contributed by atoms with van der Waals surface area (Å²) in [7, 11) is 0. The van der Waals surface area contributed by atoms with Gasteiger partial charge in [0.25, 0.3) is 0 Å². The first-order chi connectivity index (χ1) is 14.5. The molecule has 0 bridgehead atoms. The highest BCUT2D eigenvalue weighted by Gasteiger charge is 2.30. The molecular formula is C22H31N3O6. The van der Waals surface area contributed by atoms with Gasteiger partial charge in [0.15, 0.2) is 0 Å². The third-order valence-electron chi connectivity index (χ3n) is 4.90. The van der Waals surface area contributed by atoms with E-state index in [0.29, 0.717) is 25.9 Å². The lowest BCUT2D eigenvalue weighted by Gasteiger charge is -2.32. The van der Waals surface area contributed by atoms with Gasteiger partial charge < -0.3 is 25.4 Å². The molecule has 9 nitrogen and oxygen atoms in total. The van der Waals surface area contributed by atoms with Gasteiger partial charge >= 0.3 is 12.1 Å². The standard InChI is InChI=1S/C22H31N3O6/c1-22(2,3)31-21(30)23-14-18(26)25-11-9-16(10-12-25)19(27)24-17(20(28)29)13-15-7-5-4-6-8-15/h4-8,16-17H,9-14H2,1-3H3,(H,23,30)(H,24,27)(H,28,29)/t17-/m0/s1. The summed E-state index contributed by atoms with van der Waals surface area (Å²) in [5, 5.41) is 14.5. The molecule has 0 aliphatic carbocycles. The summed E-state index contributed by atoms with van der Waals surface area (Å²) in [4.78, 5) is 49.7. The zero-order chi connectivity index (χ0) is 23.0. The maximum absolute atomic E-state index is 12.6. The van der Waals surface area contributed by atoms with Crippen LogP contribution >= 0.6 is 0 Å². The minimum atomic E-state index is -1.09. The van der Waals surface area contributed by atoms with Crippen LogP contribution in [0.3, 0.4) is 0 Å². The number of alkyl carbamates (subject to hydrolysis) is 1. The summed E-state index contributed by atoms with van der Waals surface area (Å²) >= 11 is 0. The molecule has 0 spiro atoms. The van der Waals surface area contributed by atoms with Crippen LogP contribution in [0.15, 0.2) is 30.3 Å². The molecule has 1 atom stereocenters. The lowest BCUT2D eigenvalue weighted by atomic mass is 9.95. The van der Waals surface area contributed by atoms with E-state index in [2.05, 4.69) is 10.6 Å². The molecule has 170 valence electrons. The quantitative estimate of drug-likeness (QED) is 0.599. The summed E-state index contributed by atoms with van der Waals surface area (Å²) in [6.07, 6.45) is 0.409. The van der Waals surface area contributed by atoms with Crippen LogP contribution in [0.4, 0.5) is 4.79 Å². The Balaban J connectivity index is 1.79. The van der Waals surface area contributed by atoms with Gasteiger partial charge in [-0.2, -0.15) is 0 Å². The number of rotatable bonds is 7. The van der Waals surface area contributed by atoms with E-state index >= 15 is 0 Å². The minimum Gasteiger partial charge on any atom is -0.480 e. The maximum atomic E-state index is 12.6. The first kappa shape index (κ1) is 24.2. The fourth-order valence-electron chi connectivity index (χ4n) is 3.30. The fraction of sp³-hybridized carbons (Fsp3) is 0.545. The molecule has 0 radical (unpaired) electrons. The van der Waals surface area contributed by atoms with Crippen molar-refractivity contribution in [1.82, 2.24) is 15.5 Å². The number of amides is 3. The topological polar surface area (TPSA) is 125 Å². The number of aliphatic carboxylic acids is 1. The number of ether oxygens (including phenoxy) is 1. The van der Waals surface area contributed by atoms with Crippen LogP contribution in [-0.2, 0) is 25.5 Å². The van der Waals surface area contributed by atoms with Crippen molar-refractivity contribution in [3.8, 4) is 0 Å². The van der Waals surface area contributed by atoms with Crippen molar-refractivity contribution in [3.05, 3.63) is 35.9 Å². The van der Waals surface area contributed by atoms with Gasteiger partial charge in [0, 0.05) is 25.4 Å². The average molecular weight is 434 g/mol. The molecule has 3 N–H and O–H groups in total. The summed E-state index contributed by atoms with van der Waals surface area (Å²) in [6, 6.07) is 8.11. The largest absolute Gasteiger partial charge is 0.480 e. The van der Waals surface area contributed by atoms with Gasteiger partial charge in [0.05, 0.1) is 0 Å². The van der Waals surface area contributed by atoms with E-state index in [1.165, 1.54) is 0 Å². The summed E-state index contributed by atoms with van der Waals surface area (Å²) < 4.78 is 5.10. The van der Waals surface area contributed by atoms with Crippen LogP contribution in [0.2, 0.25) is 0 Å². The fourth-order valence-corrected chi connectivity index (χ4v) is 3.30. The van der Waals surface area contributed by atoms with Gasteiger partial charge in [0.2, 0.25) is 11.8 Å². The molecule has 31 heavy (non-hydrogen) atoms. The zero-order valence-electron chi connectivity index (χ0n) is 18.2. The van der Waals surface area contributed by atoms with Gasteiger partial charge in [-0.1, -0.05) is 30.3 Å². The van der Waals surface area contributed by atoms with E-state index in [0.717, 1.165) is 5.56 Å². The number of benzene rings is 1. The predicted octanol–water partition coefficient (Wildman–Crippen LogP) is 1.56. The normalized spacial score (nSPS) is 15.6. The number of carbonyl (C=O) groups excluding carboxylic acids is 3. The third kappa shape index (κ3) is 8.27. The maximum Gasteiger partial charge on any atom is 0.408 e. The van der Waals surface area contributed by atoms with E-state index < -0.39 is 23.7 Å².